The number of amides is 1. The standard InChI is InChI=1S/C20H24N4O2/c21-17-6-7-18(14-4-2-1-3-5-14)22-19(17)23-20(25)15-8-10-24(11-9-15)16-12-26-13-16/h1-7,15-16H,8-13,21H2,(H,22,23,25). The van der Waals surface area contributed by atoms with Crippen molar-refractivity contribution in [2.45, 2.75) is 18.9 Å². The van der Waals surface area contributed by atoms with Gasteiger partial charge in [0.1, 0.15) is 0 Å². The second-order valence-corrected chi connectivity index (χ2v) is 6.99. The van der Waals surface area contributed by atoms with Gasteiger partial charge in [-0.3, -0.25) is 9.69 Å². The third-order valence-corrected chi connectivity index (χ3v) is 5.27. The van der Waals surface area contributed by atoms with E-state index in [1.807, 2.05) is 36.4 Å². The number of piperidine rings is 1. The molecule has 136 valence electrons. The summed E-state index contributed by atoms with van der Waals surface area (Å²) in [5, 5.41) is 2.94. The maximum Gasteiger partial charge on any atom is 0.228 e. The number of rotatable bonds is 4. The van der Waals surface area contributed by atoms with Crippen LogP contribution < -0.4 is 11.1 Å². The first-order chi connectivity index (χ1) is 12.7. The Bertz CT molecular complexity index is 769. The van der Waals surface area contributed by atoms with Gasteiger partial charge in [0.2, 0.25) is 5.91 Å². The highest BCUT2D eigenvalue weighted by atomic mass is 16.5. The van der Waals surface area contributed by atoms with E-state index in [9.17, 15) is 4.79 Å². The summed E-state index contributed by atoms with van der Waals surface area (Å²) in [4.78, 5) is 19.7. The molecule has 0 radical (unpaired) electrons. The Hall–Kier alpha value is -2.44. The lowest BCUT2D eigenvalue weighted by atomic mass is 9.94. The molecule has 2 aliphatic rings. The smallest absolute Gasteiger partial charge is 0.228 e. The molecule has 4 rings (SSSR count). The summed E-state index contributed by atoms with van der Waals surface area (Å²) in [6, 6.07) is 14.1. The van der Waals surface area contributed by atoms with Gasteiger partial charge >= 0.3 is 0 Å². The van der Waals surface area contributed by atoms with E-state index in [1.54, 1.807) is 6.07 Å². The molecule has 3 N–H and O–H groups in total. The van der Waals surface area contributed by atoms with Crippen LogP contribution in [-0.2, 0) is 9.53 Å². The second-order valence-electron chi connectivity index (χ2n) is 6.99. The van der Waals surface area contributed by atoms with Crippen LogP contribution >= 0.6 is 0 Å². The van der Waals surface area contributed by atoms with Gasteiger partial charge in [-0.15, -0.1) is 0 Å². The topological polar surface area (TPSA) is 80.5 Å². The number of ether oxygens (including phenoxy) is 1. The fourth-order valence-corrected chi connectivity index (χ4v) is 3.52. The van der Waals surface area contributed by atoms with Crippen molar-refractivity contribution in [2.75, 3.05) is 37.4 Å². The number of carbonyl (C=O) groups is 1. The maximum atomic E-state index is 12.7. The van der Waals surface area contributed by atoms with E-state index in [-0.39, 0.29) is 11.8 Å². The van der Waals surface area contributed by atoms with Gasteiger partial charge in [-0.2, -0.15) is 0 Å². The normalized spacial score (nSPS) is 19.1. The summed E-state index contributed by atoms with van der Waals surface area (Å²) in [5.41, 5.74) is 8.32. The predicted molar refractivity (Wildman–Crippen MR) is 102 cm³/mol. The van der Waals surface area contributed by atoms with Crippen LogP contribution in [0.5, 0.6) is 0 Å². The molecule has 2 fully saturated rings. The van der Waals surface area contributed by atoms with E-state index < -0.39 is 0 Å². The molecular formula is C20H24N4O2. The van der Waals surface area contributed by atoms with Crippen LogP contribution in [0.25, 0.3) is 11.3 Å². The number of nitrogens with two attached hydrogens (primary N) is 1. The molecular weight excluding hydrogens is 328 g/mol. The molecule has 2 aliphatic heterocycles. The number of aromatic nitrogens is 1. The Balaban J connectivity index is 1.41. The van der Waals surface area contributed by atoms with Crippen molar-refractivity contribution in [3.05, 3.63) is 42.5 Å². The molecule has 6 nitrogen and oxygen atoms in total. The summed E-state index contributed by atoms with van der Waals surface area (Å²) in [6.45, 7) is 3.53. The van der Waals surface area contributed by atoms with E-state index in [2.05, 4.69) is 15.2 Å². The number of nitrogens with zero attached hydrogens (tertiary/aromatic N) is 2. The minimum absolute atomic E-state index is 0.00817. The lowest BCUT2D eigenvalue weighted by Gasteiger charge is -2.41. The Morgan fingerprint density at radius 2 is 1.85 bits per heavy atom. The third-order valence-electron chi connectivity index (χ3n) is 5.27. The molecule has 2 aromatic rings. The number of benzene rings is 1. The van der Waals surface area contributed by atoms with Crippen molar-refractivity contribution >= 4 is 17.4 Å². The highest BCUT2D eigenvalue weighted by Gasteiger charge is 2.32. The minimum Gasteiger partial charge on any atom is -0.396 e. The zero-order valence-corrected chi connectivity index (χ0v) is 14.7. The third kappa shape index (κ3) is 3.57. The maximum absolute atomic E-state index is 12.7. The summed E-state index contributed by atoms with van der Waals surface area (Å²) >= 11 is 0. The van der Waals surface area contributed by atoms with E-state index >= 15 is 0 Å². The van der Waals surface area contributed by atoms with Gasteiger partial charge in [0.05, 0.1) is 30.6 Å². The van der Waals surface area contributed by atoms with E-state index in [1.165, 1.54) is 0 Å². The van der Waals surface area contributed by atoms with Gasteiger partial charge in [0.25, 0.3) is 0 Å². The first-order valence-corrected chi connectivity index (χ1v) is 9.15. The first-order valence-electron chi connectivity index (χ1n) is 9.15. The number of anilines is 2. The largest absolute Gasteiger partial charge is 0.396 e. The van der Waals surface area contributed by atoms with Crippen LogP contribution in [0.15, 0.2) is 42.5 Å². The molecule has 26 heavy (non-hydrogen) atoms. The number of hydrogen-bond donors (Lipinski definition) is 2. The van der Waals surface area contributed by atoms with Crippen LogP contribution in [-0.4, -0.2) is 48.1 Å². The minimum atomic E-state index is 0.00817. The van der Waals surface area contributed by atoms with Crippen molar-refractivity contribution in [2.24, 2.45) is 5.92 Å². The average molecular weight is 352 g/mol. The summed E-state index contributed by atoms with van der Waals surface area (Å²) < 4.78 is 5.26. The molecule has 6 heteroatoms. The van der Waals surface area contributed by atoms with Crippen molar-refractivity contribution < 1.29 is 9.53 Å². The number of pyridine rings is 1. The van der Waals surface area contributed by atoms with E-state index in [4.69, 9.17) is 10.5 Å². The van der Waals surface area contributed by atoms with E-state index in [0.717, 1.165) is 50.4 Å². The van der Waals surface area contributed by atoms with Gasteiger partial charge in [-0.1, -0.05) is 30.3 Å². The van der Waals surface area contributed by atoms with Crippen molar-refractivity contribution in [3.63, 3.8) is 0 Å². The molecule has 0 aliphatic carbocycles. The zero-order chi connectivity index (χ0) is 17.9. The molecule has 0 spiro atoms. The zero-order valence-electron chi connectivity index (χ0n) is 14.7. The fraction of sp³-hybridized carbons (Fsp3) is 0.400. The molecule has 1 aromatic carbocycles. The highest BCUT2D eigenvalue weighted by Crippen LogP contribution is 2.26. The van der Waals surface area contributed by atoms with Crippen molar-refractivity contribution in [1.82, 2.24) is 9.88 Å². The van der Waals surface area contributed by atoms with Gasteiger partial charge in [-0.05, 0) is 38.1 Å². The molecule has 1 aromatic heterocycles. The average Bonchev–Trinajstić information content (AvgIpc) is 2.63. The molecule has 0 saturated carbocycles. The number of carbonyl (C=O) groups excluding carboxylic acids is 1. The molecule has 0 bridgehead atoms. The summed E-state index contributed by atoms with van der Waals surface area (Å²) in [5.74, 6) is 0.471. The van der Waals surface area contributed by atoms with Gasteiger partial charge in [-0.25, -0.2) is 4.98 Å². The molecule has 2 saturated heterocycles. The monoisotopic (exact) mass is 352 g/mol. The van der Waals surface area contributed by atoms with Crippen LogP contribution in [0.2, 0.25) is 0 Å². The quantitative estimate of drug-likeness (QED) is 0.883. The number of nitrogen functional groups attached to an aromatic ring is 1. The Morgan fingerprint density at radius 3 is 2.50 bits per heavy atom. The SMILES string of the molecule is Nc1ccc(-c2ccccc2)nc1NC(=O)C1CCN(C2COC2)CC1. The Labute approximate surface area is 153 Å². The second kappa shape index (κ2) is 7.43. The van der Waals surface area contributed by atoms with Gasteiger partial charge in [0, 0.05) is 11.5 Å². The van der Waals surface area contributed by atoms with E-state index in [0.29, 0.717) is 17.5 Å². The van der Waals surface area contributed by atoms with Gasteiger partial charge < -0.3 is 15.8 Å². The van der Waals surface area contributed by atoms with Gasteiger partial charge in [0.15, 0.2) is 5.82 Å². The van der Waals surface area contributed by atoms with Crippen LogP contribution in [0, 0.1) is 5.92 Å². The number of nitrogens with one attached hydrogen (secondary N) is 1. The van der Waals surface area contributed by atoms with Crippen LogP contribution in [0.4, 0.5) is 11.5 Å². The summed E-state index contributed by atoms with van der Waals surface area (Å²) in [7, 11) is 0. The number of likely N-dealkylation sites (tertiary alicyclic amines) is 1. The lowest BCUT2D eigenvalue weighted by Crippen LogP contribution is -2.52. The predicted octanol–water partition coefficient (Wildman–Crippen LogP) is 2.38. The van der Waals surface area contributed by atoms with Crippen molar-refractivity contribution in [3.8, 4) is 11.3 Å². The Morgan fingerprint density at radius 1 is 1.12 bits per heavy atom. The fourth-order valence-electron chi connectivity index (χ4n) is 3.52. The lowest BCUT2D eigenvalue weighted by molar-refractivity contribution is -0.123. The molecule has 1 amide bonds. The number of hydrogen-bond acceptors (Lipinski definition) is 5. The molecule has 0 unspecified atom stereocenters. The highest BCUT2D eigenvalue weighted by molar-refractivity contribution is 5.94. The Kier molecular flexibility index (Phi) is 4.86. The van der Waals surface area contributed by atoms with Crippen LogP contribution in [0.3, 0.4) is 0 Å². The van der Waals surface area contributed by atoms with Crippen LogP contribution in [0.1, 0.15) is 12.8 Å². The molecule has 0 atom stereocenters. The van der Waals surface area contributed by atoms with Crippen molar-refractivity contribution in [1.29, 1.82) is 0 Å². The molecule has 3 heterocycles. The first kappa shape index (κ1) is 17.0. The summed E-state index contributed by atoms with van der Waals surface area (Å²) in [6.07, 6.45) is 1.72.